The molecule has 0 heterocycles. The van der Waals surface area contributed by atoms with Gasteiger partial charge in [0.05, 0.1) is 11.8 Å². The summed E-state index contributed by atoms with van der Waals surface area (Å²) in [5.41, 5.74) is 2.12. The van der Waals surface area contributed by atoms with Crippen LogP contribution in [0.3, 0.4) is 0 Å². The Kier molecular flexibility index (Phi) is 6.12. The zero-order valence-electron chi connectivity index (χ0n) is 15.5. The number of carbonyl (C=O) groups excluding carboxylic acids is 1. The number of carboxylic acids is 1. The number of aryl methyl sites for hydroxylation is 1. The van der Waals surface area contributed by atoms with E-state index in [2.05, 4.69) is 5.32 Å². The molecule has 1 fully saturated rings. The summed E-state index contributed by atoms with van der Waals surface area (Å²) in [6.07, 6.45) is 3.01. The van der Waals surface area contributed by atoms with Crippen molar-refractivity contribution in [2.24, 2.45) is 11.8 Å². The average molecular weight is 367 g/mol. The molecule has 0 radical (unpaired) electrons. The Labute approximate surface area is 159 Å². The number of amides is 1. The van der Waals surface area contributed by atoms with Gasteiger partial charge >= 0.3 is 5.97 Å². The molecular weight excluding hydrogens is 342 g/mol. The van der Waals surface area contributed by atoms with Gasteiger partial charge in [-0.3, -0.25) is 9.59 Å². The van der Waals surface area contributed by atoms with Gasteiger partial charge in [0, 0.05) is 6.54 Å². The quantitative estimate of drug-likeness (QED) is 0.798. The first-order chi connectivity index (χ1) is 13.0. The maximum absolute atomic E-state index is 12.4. The van der Waals surface area contributed by atoms with Crippen LogP contribution in [-0.2, 0) is 16.1 Å². The van der Waals surface area contributed by atoms with Crippen LogP contribution in [0.1, 0.15) is 36.8 Å². The van der Waals surface area contributed by atoms with Gasteiger partial charge in [-0.15, -0.1) is 0 Å². The minimum atomic E-state index is -0.868. The number of carbonyl (C=O) groups is 2. The number of aliphatic carboxylic acids is 1. The lowest BCUT2D eigenvalue weighted by Gasteiger charge is -2.27. The number of hydrogen-bond donors (Lipinski definition) is 2. The van der Waals surface area contributed by atoms with Crippen LogP contribution in [0.25, 0.3) is 0 Å². The number of hydrogen-bond acceptors (Lipinski definition) is 3. The van der Waals surface area contributed by atoms with E-state index < -0.39 is 17.8 Å². The van der Waals surface area contributed by atoms with E-state index in [0.717, 1.165) is 29.9 Å². The van der Waals surface area contributed by atoms with Gasteiger partial charge in [-0.1, -0.05) is 42.7 Å². The maximum Gasteiger partial charge on any atom is 0.307 e. The summed E-state index contributed by atoms with van der Waals surface area (Å²) in [5, 5.41) is 12.2. The van der Waals surface area contributed by atoms with Gasteiger partial charge < -0.3 is 15.2 Å². The highest BCUT2D eigenvalue weighted by molar-refractivity contribution is 5.84. The fourth-order valence-electron chi connectivity index (χ4n) is 3.48. The van der Waals surface area contributed by atoms with E-state index in [1.54, 1.807) is 0 Å². The van der Waals surface area contributed by atoms with Crippen LogP contribution in [0.2, 0.25) is 0 Å². The smallest absolute Gasteiger partial charge is 0.307 e. The monoisotopic (exact) mass is 367 g/mol. The van der Waals surface area contributed by atoms with Crippen molar-refractivity contribution in [1.29, 1.82) is 0 Å². The Morgan fingerprint density at radius 1 is 0.963 bits per heavy atom. The van der Waals surface area contributed by atoms with E-state index >= 15 is 0 Å². The van der Waals surface area contributed by atoms with Crippen molar-refractivity contribution >= 4 is 11.9 Å². The molecule has 5 nitrogen and oxygen atoms in total. The van der Waals surface area contributed by atoms with Crippen molar-refractivity contribution in [1.82, 2.24) is 5.32 Å². The molecule has 0 saturated heterocycles. The van der Waals surface area contributed by atoms with Crippen molar-refractivity contribution in [2.75, 3.05) is 0 Å². The normalized spacial score (nSPS) is 19.3. The summed E-state index contributed by atoms with van der Waals surface area (Å²) in [7, 11) is 0. The molecular formula is C22H25NO4. The largest absolute Gasteiger partial charge is 0.481 e. The molecule has 0 bridgehead atoms. The van der Waals surface area contributed by atoms with Gasteiger partial charge in [-0.2, -0.15) is 0 Å². The van der Waals surface area contributed by atoms with Crippen LogP contribution in [0.4, 0.5) is 0 Å². The molecule has 1 amide bonds. The second-order valence-corrected chi connectivity index (χ2v) is 7.11. The molecule has 0 spiro atoms. The SMILES string of the molecule is Cc1ccc(Oc2ccc(CNC(=O)C3CCCCC3C(=O)O)cc2)cc1. The number of benzene rings is 2. The first kappa shape index (κ1) is 19.0. The molecule has 2 N–H and O–H groups in total. The molecule has 2 unspecified atom stereocenters. The summed E-state index contributed by atoms with van der Waals surface area (Å²) in [6, 6.07) is 15.4. The Hall–Kier alpha value is -2.82. The number of rotatable bonds is 6. The lowest BCUT2D eigenvalue weighted by atomic mass is 9.78. The van der Waals surface area contributed by atoms with Gasteiger partial charge in [0.2, 0.25) is 5.91 Å². The molecule has 1 aliphatic rings. The van der Waals surface area contributed by atoms with E-state index in [9.17, 15) is 14.7 Å². The third-order valence-electron chi connectivity index (χ3n) is 5.07. The van der Waals surface area contributed by atoms with E-state index in [1.165, 1.54) is 5.56 Å². The standard InChI is InChI=1S/C22H25NO4/c1-15-6-10-17(11-7-15)27-18-12-8-16(9-13-18)14-23-21(24)19-4-2-3-5-20(19)22(25)26/h6-13,19-20H,2-5,14H2,1H3,(H,23,24)(H,25,26). The van der Waals surface area contributed by atoms with Gasteiger partial charge in [-0.05, 0) is 49.6 Å². The summed E-state index contributed by atoms with van der Waals surface area (Å²) in [4.78, 5) is 23.8. The lowest BCUT2D eigenvalue weighted by molar-refractivity contribution is -0.148. The summed E-state index contributed by atoms with van der Waals surface area (Å²) in [5.74, 6) is -0.523. The van der Waals surface area contributed by atoms with Crippen LogP contribution < -0.4 is 10.1 Å². The van der Waals surface area contributed by atoms with Crippen LogP contribution >= 0.6 is 0 Å². The summed E-state index contributed by atoms with van der Waals surface area (Å²) >= 11 is 0. The molecule has 3 rings (SSSR count). The van der Waals surface area contributed by atoms with Gasteiger partial charge in [0.15, 0.2) is 0 Å². The predicted molar refractivity (Wildman–Crippen MR) is 103 cm³/mol. The molecule has 2 aromatic rings. The molecule has 0 aromatic heterocycles. The Bertz CT molecular complexity index is 783. The van der Waals surface area contributed by atoms with Gasteiger partial charge in [-0.25, -0.2) is 0 Å². The predicted octanol–water partition coefficient (Wildman–Crippen LogP) is 4.29. The molecule has 1 saturated carbocycles. The molecule has 0 aliphatic heterocycles. The van der Waals surface area contributed by atoms with Crippen molar-refractivity contribution in [3.05, 3.63) is 59.7 Å². The van der Waals surface area contributed by atoms with E-state index in [1.807, 2.05) is 55.5 Å². The minimum absolute atomic E-state index is 0.165. The second-order valence-electron chi connectivity index (χ2n) is 7.11. The first-order valence-corrected chi connectivity index (χ1v) is 9.37. The number of carboxylic acid groups (broad SMARTS) is 1. The van der Waals surface area contributed by atoms with Gasteiger partial charge in [0.25, 0.3) is 0 Å². The van der Waals surface area contributed by atoms with Crippen LogP contribution in [0.5, 0.6) is 11.5 Å². The lowest BCUT2D eigenvalue weighted by Crippen LogP contribution is -2.39. The fraction of sp³-hybridized carbons (Fsp3) is 0.364. The van der Waals surface area contributed by atoms with Crippen LogP contribution in [0, 0.1) is 18.8 Å². The Balaban J connectivity index is 1.54. The molecule has 2 aromatic carbocycles. The zero-order chi connectivity index (χ0) is 19.2. The molecule has 1 aliphatic carbocycles. The summed E-state index contributed by atoms with van der Waals surface area (Å²) < 4.78 is 5.80. The van der Waals surface area contributed by atoms with E-state index in [0.29, 0.717) is 19.4 Å². The Morgan fingerprint density at radius 2 is 1.52 bits per heavy atom. The van der Waals surface area contributed by atoms with Crippen molar-refractivity contribution in [3.8, 4) is 11.5 Å². The van der Waals surface area contributed by atoms with Crippen molar-refractivity contribution in [2.45, 2.75) is 39.2 Å². The Morgan fingerprint density at radius 3 is 2.11 bits per heavy atom. The molecule has 142 valence electrons. The van der Waals surface area contributed by atoms with E-state index in [-0.39, 0.29) is 5.91 Å². The first-order valence-electron chi connectivity index (χ1n) is 9.37. The average Bonchev–Trinajstić information content (AvgIpc) is 2.69. The molecule has 27 heavy (non-hydrogen) atoms. The maximum atomic E-state index is 12.4. The zero-order valence-corrected chi connectivity index (χ0v) is 15.5. The number of ether oxygens (including phenoxy) is 1. The van der Waals surface area contributed by atoms with Crippen molar-refractivity contribution in [3.63, 3.8) is 0 Å². The molecule has 5 heteroatoms. The second kappa shape index (κ2) is 8.71. The van der Waals surface area contributed by atoms with Crippen LogP contribution in [0.15, 0.2) is 48.5 Å². The summed E-state index contributed by atoms with van der Waals surface area (Å²) in [6.45, 7) is 2.41. The van der Waals surface area contributed by atoms with Crippen LogP contribution in [-0.4, -0.2) is 17.0 Å². The number of nitrogens with one attached hydrogen (secondary N) is 1. The highest BCUT2D eigenvalue weighted by atomic mass is 16.5. The highest BCUT2D eigenvalue weighted by Crippen LogP contribution is 2.30. The van der Waals surface area contributed by atoms with E-state index in [4.69, 9.17) is 4.74 Å². The fourth-order valence-corrected chi connectivity index (χ4v) is 3.48. The highest BCUT2D eigenvalue weighted by Gasteiger charge is 2.35. The molecule has 2 atom stereocenters. The van der Waals surface area contributed by atoms with Gasteiger partial charge in [0.1, 0.15) is 11.5 Å². The third kappa shape index (κ3) is 5.09. The topological polar surface area (TPSA) is 75.6 Å². The third-order valence-corrected chi connectivity index (χ3v) is 5.07. The minimum Gasteiger partial charge on any atom is -0.481 e. The van der Waals surface area contributed by atoms with Crippen molar-refractivity contribution < 1.29 is 19.4 Å².